The Kier molecular flexibility index (Phi) is 8.15. The molecule has 0 fully saturated rings. The second kappa shape index (κ2) is 11.9. The average Bonchev–Trinajstić information content (AvgIpc) is 3.00. The first-order valence-electron chi connectivity index (χ1n) is 13.9. The number of hydrogen-bond acceptors (Lipinski definition) is 6. The number of carbonyl (C=O) groups excluding carboxylic acids is 2. The number of carbonyl (C=O) groups is 2. The summed E-state index contributed by atoms with van der Waals surface area (Å²) in [6.07, 6.45) is 1.89. The van der Waals surface area contributed by atoms with Crippen LogP contribution in [0.2, 0.25) is 0 Å². The van der Waals surface area contributed by atoms with E-state index in [4.69, 9.17) is 14.2 Å². The van der Waals surface area contributed by atoms with Crippen molar-refractivity contribution in [1.82, 2.24) is 5.32 Å². The lowest BCUT2D eigenvalue weighted by Gasteiger charge is -2.37. The molecule has 0 aromatic heterocycles. The van der Waals surface area contributed by atoms with Crippen LogP contribution in [0.15, 0.2) is 89.3 Å². The van der Waals surface area contributed by atoms with Crippen molar-refractivity contribution in [1.29, 1.82) is 0 Å². The van der Waals surface area contributed by atoms with E-state index < -0.39 is 5.92 Å². The number of anilines is 1. The number of hydrogen-bond donors (Lipinski definition) is 2. The fourth-order valence-corrected chi connectivity index (χ4v) is 5.83. The molecule has 0 unspecified atom stereocenters. The number of methoxy groups -OCH3 is 3. The zero-order chi connectivity index (χ0) is 29.1. The summed E-state index contributed by atoms with van der Waals surface area (Å²) in [7, 11) is 4.82. The maximum Gasteiger partial charge on any atom is 0.254 e. The van der Waals surface area contributed by atoms with Gasteiger partial charge in [0.25, 0.3) is 5.91 Å². The number of ether oxygens (including phenoxy) is 3. The summed E-state index contributed by atoms with van der Waals surface area (Å²) in [6.45, 7) is 4.02. The quantitative estimate of drug-likeness (QED) is 0.342. The molecule has 0 bridgehead atoms. The van der Waals surface area contributed by atoms with Gasteiger partial charge in [0.2, 0.25) is 0 Å². The van der Waals surface area contributed by atoms with Crippen LogP contribution >= 0.6 is 0 Å². The van der Waals surface area contributed by atoms with E-state index >= 15 is 0 Å². The third-order valence-corrected chi connectivity index (χ3v) is 8.02. The monoisotopic (exact) mass is 552 g/mol. The Bertz CT molecular complexity index is 1520. The number of nitrogens with one attached hydrogen (secondary N) is 2. The highest BCUT2D eigenvalue weighted by Gasteiger charge is 2.41. The molecule has 212 valence electrons. The summed E-state index contributed by atoms with van der Waals surface area (Å²) in [5.41, 5.74) is 6.60. The summed E-state index contributed by atoms with van der Waals surface area (Å²) in [5.74, 6) is 1.27. The van der Waals surface area contributed by atoms with E-state index in [0.717, 1.165) is 28.9 Å². The van der Waals surface area contributed by atoms with E-state index in [1.807, 2.05) is 37.3 Å². The molecular formula is C34H36N2O5. The first-order chi connectivity index (χ1) is 19.9. The molecule has 1 amide bonds. The van der Waals surface area contributed by atoms with Crippen molar-refractivity contribution in [2.24, 2.45) is 0 Å². The molecule has 2 N–H and O–H groups in total. The van der Waals surface area contributed by atoms with Crippen molar-refractivity contribution in [2.45, 2.75) is 44.9 Å². The Morgan fingerprint density at radius 2 is 1.56 bits per heavy atom. The minimum Gasteiger partial charge on any atom is -0.497 e. The lowest BCUT2D eigenvalue weighted by molar-refractivity contribution is -0.116. The fourth-order valence-electron chi connectivity index (χ4n) is 5.83. The zero-order valence-electron chi connectivity index (χ0n) is 24.2. The third kappa shape index (κ3) is 5.57. The van der Waals surface area contributed by atoms with E-state index in [2.05, 4.69) is 29.7 Å². The molecule has 3 aromatic rings. The molecule has 2 aliphatic rings. The van der Waals surface area contributed by atoms with Gasteiger partial charge in [0.05, 0.1) is 21.3 Å². The standard InChI is InChI=1S/C34H36N2O5/c1-6-21-7-9-22(10-8-21)32-31(34(38)36-25-12-14-26(39-3)15-13-25)20(2)35-27-17-24(18-28(37)33(27)32)23-11-16-29(40-4)30(19-23)41-5/h7-16,19,24,32,35H,6,17-18H2,1-5H3,(H,36,38)/t24-,32-/m1/s1. The van der Waals surface area contributed by atoms with Gasteiger partial charge in [0.1, 0.15) is 5.75 Å². The second-order valence-electron chi connectivity index (χ2n) is 10.4. The van der Waals surface area contributed by atoms with Crippen LogP contribution in [-0.2, 0) is 16.0 Å². The van der Waals surface area contributed by atoms with Crippen molar-refractivity contribution in [3.63, 3.8) is 0 Å². The molecule has 7 heteroatoms. The van der Waals surface area contributed by atoms with E-state index in [9.17, 15) is 9.59 Å². The van der Waals surface area contributed by atoms with Gasteiger partial charge < -0.3 is 24.8 Å². The van der Waals surface area contributed by atoms with Gasteiger partial charge in [0, 0.05) is 40.6 Å². The smallest absolute Gasteiger partial charge is 0.254 e. The van der Waals surface area contributed by atoms with Gasteiger partial charge in [-0.1, -0.05) is 37.3 Å². The van der Waals surface area contributed by atoms with E-state index in [1.165, 1.54) is 5.56 Å². The highest BCUT2D eigenvalue weighted by atomic mass is 16.5. The lowest BCUT2D eigenvalue weighted by Crippen LogP contribution is -2.37. The molecule has 1 heterocycles. The Hall–Kier alpha value is -4.52. The summed E-state index contributed by atoms with van der Waals surface area (Å²) in [4.78, 5) is 27.8. The summed E-state index contributed by atoms with van der Waals surface area (Å²) in [6, 6.07) is 21.3. The Morgan fingerprint density at radius 1 is 0.878 bits per heavy atom. The first-order valence-corrected chi connectivity index (χ1v) is 13.9. The van der Waals surface area contributed by atoms with Crippen LogP contribution in [0.4, 0.5) is 5.69 Å². The predicted molar refractivity (Wildman–Crippen MR) is 160 cm³/mol. The van der Waals surface area contributed by atoms with Gasteiger partial charge in [-0.15, -0.1) is 0 Å². The van der Waals surface area contributed by atoms with Crippen molar-refractivity contribution in [3.8, 4) is 17.2 Å². The Morgan fingerprint density at radius 3 is 2.20 bits per heavy atom. The van der Waals surface area contributed by atoms with Gasteiger partial charge in [-0.25, -0.2) is 0 Å². The van der Waals surface area contributed by atoms with Crippen LogP contribution in [-0.4, -0.2) is 33.0 Å². The number of ketones is 1. The van der Waals surface area contributed by atoms with Crippen molar-refractivity contribution in [2.75, 3.05) is 26.6 Å². The van der Waals surface area contributed by atoms with Crippen molar-refractivity contribution in [3.05, 3.63) is 106 Å². The largest absolute Gasteiger partial charge is 0.497 e. The second-order valence-corrected chi connectivity index (χ2v) is 10.4. The molecule has 1 aliphatic carbocycles. The number of dihydropyridines is 1. The minimum absolute atomic E-state index is 0.0286. The summed E-state index contributed by atoms with van der Waals surface area (Å²) >= 11 is 0. The molecule has 7 nitrogen and oxygen atoms in total. The molecule has 0 spiro atoms. The molecule has 0 saturated carbocycles. The number of allylic oxidation sites excluding steroid dienone is 3. The number of amides is 1. The predicted octanol–water partition coefficient (Wildman–Crippen LogP) is 6.28. The molecular weight excluding hydrogens is 516 g/mol. The molecule has 5 rings (SSSR count). The molecule has 1 aliphatic heterocycles. The molecule has 0 radical (unpaired) electrons. The number of rotatable bonds is 8. The van der Waals surface area contributed by atoms with Gasteiger partial charge >= 0.3 is 0 Å². The van der Waals surface area contributed by atoms with E-state index in [0.29, 0.717) is 46.9 Å². The first kappa shape index (κ1) is 28.0. The van der Waals surface area contributed by atoms with Crippen LogP contribution in [0, 0.1) is 0 Å². The van der Waals surface area contributed by atoms with Crippen molar-refractivity contribution < 1.29 is 23.8 Å². The number of aryl methyl sites for hydroxylation is 1. The van der Waals surface area contributed by atoms with Crippen LogP contribution in [0.3, 0.4) is 0 Å². The fraction of sp³-hybridized carbons (Fsp3) is 0.294. The van der Waals surface area contributed by atoms with E-state index in [1.54, 1.807) is 45.6 Å². The molecule has 41 heavy (non-hydrogen) atoms. The SMILES string of the molecule is CCc1ccc([C@@H]2C(C(=O)Nc3ccc(OC)cc3)=C(C)NC3=C2C(=O)C[C@H](c2ccc(OC)c(OC)c2)C3)cc1. The summed E-state index contributed by atoms with van der Waals surface area (Å²) < 4.78 is 16.2. The third-order valence-electron chi connectivity index (χ3n) is 8.02. The Labute approximate surface area is 241 Å². The molecule has 0 saturated heterocycles. The highest BCUT2D eigenvalue weighted by molar-refractivity contribution is 6.10. The maximum atomic E-state index is 14.0. The van der Waals surface area contributed by atoms with Crippen molar-refractivity contribution >= 4 is 17.4 Å². The van der Waals surface area contributed by atoms with Crippen LogP contribution in [0.5, 0.6) is 17.2 Å². The molecule has 2 atom stereocenters. The van der Waals surface area contributed by atoms with Gasteiger partial charge in [-0.2, -0.15) is 0 Å². The topological polar surface area (TPSA) is 85.9 Å². The normalized spacial score (nSPS) is 18.4. The van der Waals surface area contributed by atoms with E-state index in [-0.39, 0.29) is 17.6 Å². The average molecular weight is 553 g/mol. The maximum absolute atomic E-state index is 14.0. The van der Waals surface area contributed by atoms with Gasteiger partial charge in [0.15, 0.2) is 17.3 Å². The van der Waals surface area contributed by atoms with Gasteiger partial charge in [-0.05, 0) is 78.8 Å². The zero-order valence-corrected chi connectivity index (χ0v) is 24.2. The lowest BCUT2D eigenvalue weighted by atomic mass is 9.71. The molecule has 3 aromatic carbocycles. The highest BCUT2D eigenvalue weighted by Crippen LogP contribution is 2.46. The summed E-state index contributed by atoms with van der Waals surface area (Å²) in [5, 5.41) is 6.49. The number of Topliss-reactive ketones (excluding diaryl/α,β-unsaturated/α-hetero) is 1. The minimum atomic E-state index is -0.478. The van der Waals surface area contributed by atoms with Crippen LogP contribution < -0.4 is 24.8 Å². The Balaban J connectivity index is 1.53. The number of benzene rings is 3. The van der Waals surface area contributed by atoms with Gasteiger partial charge in [-0.3, -0.25) is 9.59 Å². The van der Waals surface area contributed by atoms with Crippen LogP contribution in [0.25, 0.3) is 0 Å². The van der Waals surface area contributed by atoms with Crippen LogP contribution in [0.1, 0.15) is 55.2 Å².